The van der Waals surface area contributed by atoms with E-state index in [0.717, 1.165) is 24.4 Å². The first-order valence-electron chi connectivity index (χ1n) is 6.61. The number of rotatable bonds is 2. The molecule has 0 saturated carbocycles. The molecule has 0 radical (unpaired) electrons. The van der Waals surface area contributed by atoms with Crippen LogP contribution in [0.3, 0.4) is 0 Å². The smallest absolute Gasteiger partial charge is 0.297 e. The molecule has 1 saturated heterocycles. The van der Waals surface area contributed by atoms with E-state index in [1.807, 2.05) is 17.0 Å². The highest BCUT2D eigenvalue weighted by molar-refractivity contribution is 5.73. The number of amides is 1. The molecule has 0 N–H and O–H groups in total. The summed E-state index contributed by atoms with van der Waals surface area (Å²) in [5, 5.41) is 0. The molecule has 0 unspecified atom stereocenters. The average Bonchev–Trinajstić information content (AvgIpc) is 2.98. The molecule has 104 valence electrons. The molecule has 0 aromatic carbocycles. The predicted molar refractivity (Wildman–Crippen MR) is 74.2 cm³/mol. The Morgan fingerprint density at radius 2 is 1.90 bits per heavy atom. The van der Waals surface area contributed by atoms with Crippen molar-refractivity contribution in [2.24, 2.45) is 0 Å². The number of aromatic nitrogens is 2. The first-order valence-corrected chi connectivity index (χ1v) is 6.61. The fourth-order valence-electron chi connectivity index (χ4n) is 2.27. The van der Waals surface area contributed by atoms with Gasteiger partial charge in [-0.3, -0.25) is 9.78 Å². The van der Waals surface area contributed by atoms with Crippen molar-refractivity contribution in [1.29, 1.82) is 0 Å². The Kier molecular flexibility index (Phi) is 3.37. The summed E-state index contributed by atoms with van der Waals surface area (Å²) < 4.78 is 5.79. The van der Waals surface area contributed by atoms with Gasteiger partial charge in [0, 0.05) is 51.1 Å². The van der Waals surface area contributed by atoms with E-state index in [0.29, 0.717) is 19.1 Å². The lowest BCUT2D eigenvalue weighted by Crippen LogP contribution is -2.48. The maximum absolute atomic E-state index is 11.3. The zero-order valence-electron chi connectivity index (χ0n) is 11.3. The van der Waals surface area contributed by atoms with Gasteiger partial charge in [0.15, 0.2) is 5.76 Å². The highest BCUT2D eigenvalue weighted by Gasteiger charge is 2.21. The minimum absolute atomic E-state index is 0.120. The van der Waals surface area contributed by atoms with Gasteiger partial charge in [0.05, 0.1) is 6.20 Å². The van der Waals surface area contributed by atoms with Crippen molar-refractivity contribution in [2.45, 2.75) is 6.92 Å². The molecule has 0 bridgehead atoms. The van der Waals surface area contributed by atoms with Gasteiger partial charge in [0.1, 0.15) is 0 Å². The lowest BCUT2D eigenvalue weighted by Gasteiger charge is -2.33. The SMILES string of the molecule is CC(=O)N1CCN(c2ncc(-c3ccncc3)o2)CC1. The number of hydrogen-bond donors (Lipinski definition) is 0. The van der Waals surface area contributed by atoms with Crippen LogP contribution in [0, 0.1) is 0 Å². The number of carbonyl (C=O) groups excluding carboxylic acids is 1. The van der Waals surface area contributed by atoms with Gasteiger partial charge < -0.3 is 14.2 Å². The van der Waals surface area contributed by atoms with Crippen LogP contribution in [0.2, 0.25) is 0 Å². The van der Waals surface area contributed by atoms with Crippen molar-refractivity contribution in [3.8, 4) is 11.3 Å². The molecule has 3 rings (SSSR count). The normalized spacial score (nSPS) is 15.4. The molecule has 1 amide bonds. The Hall–Kier alpha value is -2.37. The van der Waals surface area contributed by atoms with Crippen molar-refractivity contribution < 1.29 is 9.21 Å². The van der Waals surface area contributed by atoms with E-state index in [4.69, 9.17) is 4.42 Å². The second kappa shape index (κ2) is 5.32. The van der Waals surface area contributed by atoms with Crippen LogP contribution < -0.4 is 4.90 Å². The molecule has 0 spiro atoms. The molecular weight excluding hydrogens is 256 g/mol. The number of anilines is 1. The third kappa shape index (κ3) is 2.49. The Balaban J connectivity index is 1.71. The Morgan fingerprint density at radius 1 is 1.20 bits per heavy atom. The summed E-state index contributed by atoms with van der Waals surface area (Å²) in [6.07, 6.45) is 5.17. The standard InChI is InChI=1S/C14H16N4O2/c1-11(19)17-6-8-18(9-7-17)14-16-10-13(20-14)12-2-4-15-5-3-12/h2-5,10H,6-9H2,1H3. The van der Waals surface area contributed by atoms with Gasteiger partial charge in [-0.25, -0.2) is 4.98 Å². The minimum atomic E-state index is 0.120. The Bertz CT molecular complexity index is 588. The first-order chi connectivity index (χ1) is 9.74. The molecule has 6 nitrogen and oxygen atoms in total. The van der Waals surface area contributed by atoms with E-state index in [-0.39, 0.29) is 5.91 Å². The molecule has 0 atom stereocenters. The van der Waals surface area contributed by atoms with E-state index in [1.54, 1.807) is 25.5 Å². The fourth-order valence-corrected chi connectivity index (χ4v) is 2.27. The molecule has 2 aromatic rings. The van der Waals surface area contributed by atoms with Crippen molar-refractivity contribution in [3.63, 3.8) is 0 Å². The van der Waals surface area contributed by atoms with Gasteiger partial charge in [-0.1, -0.05) is 0 Å². The van der Waals surface area contributed by atoms with Crippen LogP contribution in [0.1, 0.15) is 6.92 Å². The van der Waals surface area contributed by atoms with E-state index in [2.05, 4.69) is 14.9 Å². The molecule has 3 heterocycles. The van der Waals surface area contributed by atoms with Crippen LogP contribution >= 0.6 is 0 Å². The summed E-state index contributed by atoms with van der Waals surface area (Å²) in [6, 6.07) is 4.38. The van der Waals surface area contributed by atoms with Gasteiger partial charge in [-0.2, -0.15) is 0 Å². The van der Waals surface area contributed by atoms with E-state index in [1.165, 1.54) is 0 Å². The summed E-state index contributed by atoms with van der Waals surface area (Å²) >= 11 is 0. The second-order valence-electron chi connectivity index (χ2n) is 4.74. The van der Waals surface area contributed by atoms with Crippen LogP contribution in [0.4, 0.5) is 6.01 Å². The number of pyridine rings is 1. The summed E-state index contributed by atoms with van der Waals surface area (Å²) in [5.74, 6) is 0.853. The van der Waals surface area contributed by atoms with Crippen LogP contribution in [0.15, 0.2) is 35.1 Å². The number of oxazole rings is 1. The third-order valence-corrected chi connectivity index (χ3v) is 3.45. The highest BCUT2D eigenvalue weighted by Crippen LogP contribution is 2.24. The minimum Gasteiger partial charge on any atom is -0.423 e. The molecular formula is C14H16N4O2. The lowest BCUT2D eigenvalue weighted by atomic mass is 10.2. The predicted octanol–water partition coefficient (Wildman–Crippen LogP) is 1.41. The zero-order chi connectivity index (χ0) is 13.9. The molecule has 1 aliphatic heterocycles. The number of carbonyl (C=O) groups is 1. The van der Waals surface area contributed by atoms with Crippen LogP contribution in [0.25, 0.3) is 11.3 Å². The molecule has 1 fully saturated rings. The van der Waals surface area contributed by atoms with E-state index >= 15 is 0 Å². The van der Waals surface area contributed by atoms with Gasteiger partial charge in [-0.05, 0) is 12.1 Å². The van der Waals surface area contributed by atoms with Gasteiger partial charge >= 0.3 is 0 Å². The van der Waals surface area contributed by atoms with E-state index < -0.39 is 0 Å². The maximum Gasteiger partial charge on any atom is 0.297 e. The fraction of sp³-hybridized carbons (Fsp3) is 0.357. The highest BCUT2D eigenvalue weighted by atomic mass is 16.4. The lowest BCUT2D eigenvalue weighted by molar-refractivity contribution is -0.129. The summed E-state index contributed by atoms with van der Waals surface area (Å²) in [6.45, 7) is 4.51. The largest absolute Gasteiger partial charge is 0.423 e. The topological polar surface area (TPSA) is 62.5 Å². The Labute approximate surface area is 117 Å². The van der Waals surface area contributed by atoms with Crippen molar-refractivity contribution >= 4 is 11.9 Å². The van der Waals surface area contributed by atoms with Gasteiger partial charge in [0.25, 0.3) is 6.01 Å². The second-order valence-corrected chi connectivity index (χ2v) is 4.74. The van der Waals surface area contributed by atoms with Crippen LogP contribution in [0.5, 0.6) is 0 Å². The number of nitrogens with zero attached hydrogens (tertiary/aromatic N) is 4. The summed E-state index contributed by atoms with van der Waals surface area (Å²) in [7, 11) is 0. The maximum atomic E-state index is 11.3. The number of hydrogen-bond acceptors (Lipinski definition) is 5. The molecule has 0 aliphatic carbocycles. The monoisotopic (exact) mass is 272 g/mol. The first kappa shape index (κ1) is 12.7. The van der Waals surface area contributed by atoms with Crippen LogP contribution in [-0.2, 0) is 4.79 Å². The van der Waals surface area contributed by atoms with Crippen LogP contribution in [-0.4, -0.2) is 47.0 Å². The summed E-state index contributed by atoms with van der Waals surface area (Å²) in [5.41, 5.74) is 0.959. The van der Waals surface area contributed by atoms with Gasteiger partial charge in [-0.15, -0.1) is 0 Å². The number of piperazine rings is 1. The quantitative estimate of drug-likeness (QED) is 0.827. The van der Waals surface area contributed by atoms with Gasteiger partial charge in [0.2, 0.25) is 5.91 Å². The molecule has 2 aromatic heterocycles. The van der Waals surface area contributed by atoms with Crippen molar-refractivity contribution in [1.82, 2.24) is 14.9 Å². The Morgan fingerprint density at radius 3 is 2.55 bits per heavy atom. The average molecular weight is 272 g/mol. The van der Waals surface area contributed by atoms with E-state index in [9.17, 15) is 4.79 Å². The zero-order valence-corrected chi connectivity index (χ0v) is 11.3. The van der Waals surface area contributed by atoms with Crippen molar-refractivity contribution in [2.75, 3.05) is 31.1 Å². The van der Waals surface area contributed by atoms with Crippen molar-refractivity contribution in [3.05, 3.63) is 30.7 Å². The molecule has 6 heteroatoms. The summed E-state index contributed by atoms with van der Waals surface area (Å²) in [4.78, 5) is 23.5. The third-order valence-electron chi connectivity index (χ3n) is 3.45. The molecule has 1 aliphatic rings. The molecule has 20 heavy (non-hydrogen) atoms.